The maximum absolute atomic E-state index is 5.19. The molecule has 2 heterocycles. The molecule has 0 aromatic carbocycles. The smallest absolute Gasteiger partial charge is 0.0911 e. The number of epoxide rings is 2. The first-order chi connectivity index (χ1) is 6.62. The fourth-order valence-corrected chi connectivity index (χ4v) is 1.49. The van der Waals surface area contributed by atoms with Crippen molar-refractivity contribution < 1.29 is 9.47 Å². The molecule has 0 aliphatic carbocycles. The molecule has 2 nitrogen and oxygen atoms in total. The Morgan fingerprint density at radius 3 is 1.86 bits per heavy atom. The van der Waals surface area contributed by atoms with Crippen LogP contribution in [0, 0.1) is 5.92 Å². The molecule has 14 heavy (non-hydrogen) atoms. The van der Waals surface area contributed by atoms with Gasteiger partial charge in [-0.25, -0.2) is 0 Å². The third-order valence-corrected chi connectivity index (χ3v) is 2.98. The monoisotopic (exact) mass is 200 g/mol. The molecular formula is C12H24O2. The van der Waals surface area contributed by atoms with Gasteiger partial charge in [0.05, 0.1) is 24.9 Å². The molecule has 0 radical (unpaired) electrons. The minimum absolute atomic E-state index is 0.333. The molecule has 2 aliphatic heterocycles. The second kappa shape index (κ2) is 5.13. The van der Waals surface area contributed by atoms with Crippen LogP contribution in [0.3, 0.4) is 0 Å². The normalized spacial score (nSPS) is 26.8. The van der Waals surface area contributed by atoms with E-state index < -0.39 is 0 Å². The van der Waals surface area contributed by atoms with Crippen LogP contribution in [0.15, 0.2) is 0 Å². The summed E-state index contributed by atoms with van der Waals surface area (Å²) in [6.07, 6.45) is 4.24. The molecule has 2 rings (SSSR count). The summed E-state index contributed by atoms with van der Waals surface area (Å²) in [5.41, 5.74) is 0.333. The molecule has 0 saturated carbocycles. The minimum atomic E-state index is 0.333. The lowest BCUT2D eigenvalue weighted by molar-refractivity contribution is 0.289. The van der Waals surface area contributed by atoms with Crippen LogP contribution in [-0.2, 0) is 9.47 Å². The Morgan fingerprint density at radius 2 is 1.79 bits per heavy atom. The van der Waals surface area contributed by atoms with Crippen molar-refractivity contribution in [1.82, 2.24) is 0 Å². The lowest BCUT2D eigenvalue weighted by atomic mass is 10.1. The molecule has 0 N–H and O–H groups in total. The standard InChI is InChI=1S/2C6H12O/c1-5(2)3-6-4-7-6;1-3-6(4-2)5-7-6/h5-6H,3-4H2,1-2H3;3-5H2,1-2H3. The topological polar surface area (TPSA) is 25.1 Å². The van der Waals surface area contributed by atoms with E-state index in [-0.39, 0.29) is 0 Å². The van der Waals surface area contributed by atoms with E-state index in [4.69, 9.17) is 9.47 Å². The molecule has 0 aromatic rings. The lowest BCUT2D eigenvalue weighted by Gasteiger charge is -2.00. The van der Waals surface area contributed by atoms with E-state index in [1.165, 1.54) is 19.3 Å². The zero-order chi connectivity index (χ0) is 10.6. The van der Waals surface area contributed by atoms with Crippen molar-refractivity contribution in [2.24, 2.45) is 5.92 Å². The van der Waals surface area contributed by atoms with Gasteiger partial charge in [-0.1, -0.05) is 27.7 Å². The van der Waals surface area contributed by atoms with E-state index in [0.717, 1.165) is 19.1 Å². The highest BCUT2D eigenvalue weighted by molar-refractivity contribution is 4.88. The van der Waals surface area contributed by atoms with Gasteiger partial charge in [0.1, 0.15) is 0 Å². The van der Waals surface area contributed by atoms with Crippen LogP contribution >= 0.6 is 0 Å². The Balaban J connectivity index is 0.000000140. The van der Waals surface area contributed by atoms with Gasteiger partial charge in [0.15, 0.2) is 0 Å². The van der Waals surface area contributed by atoms with Crippen molar-refractivity contribution in [2.45, 2.75) is 58.7 Å². The van der Waals surface area contributed by atoms with Gasteiger partial charge in [-0.15, -0.1) is 0 Å². The van der Waals surface area contributed by atoms with Gasteiger partial charge in [-0.2, -0.15) is 0 Å². The summed E-state index contributed by atoms with van der Waals surface area (Å²) in [5, 5.41) is 0. The molecule has 84 valence electrons. The summed E-state index contributed by atoms with van der Waals surface area (Å²) in [7, 11) is 0. The van der Waals surface area contributed by atoms with Crippen molar-refractivity contribution in [3.63, 3.8) is 0 Å². The van der Waals surface area contributed by atoms with Crippen LogP contribution in [0.4, 0.5) is 0 Å². The van der Waals surface area contributed by atoms with Crippen molar-refractivity contribution in [2.75, 3.05) is 13.2 Å². The summed E-state index contributed by atoms with van der Waals surface area (Å²) < 4.78 is 10.2. The molecule has 0 amide bonds. The quantitative estimate of drug-likeness (QED) is 0.652. The van der Waals surface area contributed by atoms with Gasteiger partial charge in [0, 0.05) is 0 Å². The highest BCUT2D eigenvalue weighted by atomic mass is 16.6. The van der Waals surface area contributed by atoms with Crippen molar-refractivity contribution in [3.8, 4) is 0 Å². The van der Waals surface area contributed by atoms with Crippen molar-refractivity contribution in [3.05, 3.63) is 0 Å². The van der Waals surface area contributed by atoms with Crippen LogP contribution in [0.1, 0.15) is 47.0 Å². The lowest BCUT2D eigenvalue weighted by Crippen LogP contribution is -2.05. The molecule has 0 aromatic heterocycles. The summed E-state index contributed by atoms with van der Waals surface area (Å²) in [6.45, 7) is 10.8. The molecule has 2 heteroatoms. The third kappa shape index (κ3) is 4.43. The molecule has 0 bridgehead atoms. The van der Waals surface area contributed by atoms with Crippen molar-refractivity contribution in [1.29, 1.82) is 0 Å². The maximum atomic E-state index is 5.19. The Kier molecular flexibility index (Phi) is 4.39. The second-order valence-electron chi connectivity index (χ2n) is 4.76. The molecule has 0 spiro atoms. The fraction of sp³-hybridized carbons (Fsp3) is 1.00. The minimum Gasteiger partial charge on any atom is -0.373 e. The first-order valence-electron chi connectivity index (χ1n) is 5.87. The number of hydrogen-bond acceptors (Lipinski definition) is 2. The van der Waals surface area contributed by atoms with Gasteiger partial charge in [0.25, 0.3) is 0 Å². The van der Waals surface area contributed by atoms with E-state index in [0.29, 0.717) is 11.7 Å². The largest absolute Gasteiger partial charge is 0.373 e. The second-order valence-corrected chi connectivity index (χ2v) is 4.76. The Hall–Kier alpha value is -0.0800. The summed E-state index contributed by atoms with van der Waals surface area (Å²) >= 11 is 0. The molecule has 1 atom stereocenters. The molecule has 2 fully saturated rings. The van der Waals surface area contributed by atoms with Gasteiger partial charge in [0.2, 0.25) is 0 Å². The Morgan fingerprint density at radius 1 is 1.29 bits per heavy atom. The zero-order valence-corrected chi connectivity index (χ0v) is 10.0. The van der Waals surface area contributed by atoms with E-state index in [9.17, 15) is 0 Å². The number of hydrogen-bond donors (Lipinski definition) is 0. The SMILES string of the molecule is CC(C)CC1CO1.CCC1(CC)CO1. The van der Waals surface area contributed by atoms with E-state index >= 15 is 0 Å². The Bertz CT molecular complexity index is 152. The summed E-state index contributed by atoms with van der Waals surface area (Å²) in [4.78, 5) is 0. The van der Waals surface area contributed by atoms with E-state index in [1.54, 1.807) is 0 Å². The number of ether oxygens (including phenoxy) is 2. The van der Waals surface area contributed by atoms with Gasteiger partial charge in [-0.05, 0) is 25.2 Å². The zero-order valence-electron chi connectivity index (χ0n) is 10.0. The van der Waals surface area contributed by atoms with E-state index in [2.05, 4.69) is 27.7 Å². The first-order valence-corrected chi connectivity index (χ1v) is 5.87. The average Bonchev–Trinajstić information content (AvgIpc) is 3.00. The van der Waals surface area contributed by atoms with Gasteiger partial charge < -0.3 is 9.47 Å². The predicted molar refractivity (Wildman–Crippen MR) is 58.5 cm³/mol. The summed E-state index contributed by atoms with van der Waals surface area (Å²) in [6, 6.07) is 0. The molecular weight excluding hydrogens is 176 g/mol. The summed E-state index contributed by atoms with van der Waals surface area (Å²) in [5.74, 6) is 0.812. The predicted octanol–water partition coefficient (Wildman–Crippen LogP) is 3.01. The highest BCUT2D eigenvalue weighted by Gasteiger charge is 2.40. The highest BCUT2D eigenvalue weighted by Crippen LogP contribution is 2.33. The van der Waals surface area contributed by atoms with Gasteiger partial charge >= 0.3 is 0 Å². The molecule has 2 saturated heterocycles. The fourth-order valence-electron chi connectivity index (χ4n) is 1.49. The van der Waals surface area contributed by atoms with Crippen LogP contribution < -0.4 is 0 Å². The van der Waals surface area contributed by atoms with Crippen LogP contribution in [0.5, 0.6) is 0 Å². The third-order valence-electron chi connectivity index (χ3n) is 2.98. The van der Waals surface area contributed by atoms with E-state index in [1.807, 2.05) is 0 Å². The van der Waals surface area contributed by atoms with Crippen LogP contribution in [-0.4, -0.2) is 24.9 Å². The number of rotatable bonds is 4. The average molecular weight is 200 g/mol. The molecule has 2 aliphatic rings. The Labute approximate surface area is 88.0 Å². The molecule has 1 unspecified atom stereocenters. The maximum Gasteiger partial charge on any atom is 0.0911 e. The van der Waals surface area contributed by atoms with Crippen molar-refractivity contribution >= 4 is 0 Å². The first kappa shape index (κ1) is 12.0. The van der Waals surface area contributed by atoms with Crippen LogP contribution in [0.2, 0.25) is 0 Å². The van der Waals surface area contributed by atoms with Gasteiger partial charge in [-0.3, -0.25) is 0 Å². The van der Waals surface area contributed by atoms with Crippen LogP contribution in [0.25, 0.3) is 0 Å².